The van der Waals surface area contributed by atoms with Crippen molar-refractivity contribution in [2.24, 2.45) is 0 Å². The van der Waals surface area contributed by atoms with Crippen LogP contribution in [0.25, 0.3) is 0 Å². The third-order valence-corrected chi connectivity index (χ3v) is 5.21. The monoisotopic (exact) mass is 299 g/mol. The van der Waals surface area contributed by atoms with E-state index in [2.05, 4.69) is 0 Å². The molecule has 1 N–H and O–H groups in total. The molecule has 1 aliphatic rings. The van der Waals surface area contributed by atoms with Gasteiger partial charge in [-0.15, -0.1) is 0 Å². The Hall–Kier alpha value is -1.44. The van der Waals surface area contributed by atoms with Crippen LogP contribution in [0.2, 0.25) is 0 Å². The number of hydrogen-bond donors (Lipinski definition) is 1. The average molecular weight is 299 g/mol. The number of aliphatic carboxylic acids is 1. The number of benzene rings is 1. The largest absolute Gasteiger partial charge is 0.480 e. The molecule has 1 heterocycles. The number of sulfonamides is 1. The van der Waals surface area contributed by atoms with Gasteiger partial charge in [-0.3, -0.25) is 4.79 Å². The van der Waals surface area contributed by atoms with Gasteiger partial charge in [-0.1, -0.05) is 12.1 Å². The molecule has 0 spiro atoms. The van der Waals surface area contributed by atoms with E-state index in [1.54, 1.807) is 12.1 Å². The lowest BCUT2D eigenvalue weighted by Crippen LogP contribution is -2.40. The first-order valence-electron chi connectivity index (χ1n) is 6.29. The van der Waals surface area contributed by atoms with E-state index >= 15 is 0 Å². The molecule has 6 nitrogen and oxygen atoms in total. The Bertz CT molecular complexity index is 599. The molecule has 1 aliphatic heterocycles. The normalized spacial score (nSPS) is 20.1. The highest BCUT2D eigenvalue weighted by molar-refractivity contribution is 7.89. The predicted molar refractivity (Wildman–Crippen MR) is 71.7 cm³/mol. The summed E-state index contributed by atoms with van der Waals surface area (Å²) in [6, 6.07) is 5.43. The third-order valence-electron chi connectivity index (χ3n) is 3.30. The molecule has 1 aromatic rings. The van der Waals surface area contributed by atoms with Gasteiger partial charge in [-0.25, -0.2) is 8.42 Å². The SMILES string of the molecule is COCc1cccc(S(=O)(=O)N2CCC[C@H]2C(=O)O)c1. The lowest BCUT2D eigenvalue weighted by atomic mass is 10.2. The second-order valence-corrected chi connectivity index (χ2v) is 6.58. The molecule has 1 aromatic carbocycles. The number of rotatable bonds is 5. The Morgan fingerprint density at radius 3 is 2.90 bits per heavy atom. The fourth-order valence-corrected chi connectivity index (χ4v) is 4.09. The van der Waals surface area contributed by atoms with Crippen molar-refractivity contribution in [1.82, 2.24) is 4.31 Å². The Balaban J connectivity index is 2.34. The van der Waals surface area contributed by atoms with Gasteiger partial charge >= 0.3 is 5.97 Å². The van der Waals surface area contributed by atoms with Crippen molar-refractivity contribution in [1.29, 1.82) is 0 Å². The van der Waals surface area contributed by atoms with E-state index in [0.717, 1.165) is 9.87 Å². The molecular formula is C13H17NO5S. The van der Waals surface area contributed by atoms with Gasteiger partial charge in [0.2, 0.25) is 10.0 Å². The molecule has 1 atom stereocenters. The smallest absolute Gasteiger partial charge is 0.322 e. The first-order valence-corrected chi connectivity index (χ1v) is 7.73. The summed E-state index contributed by atoms with van der Waals surface area (Å²) in [5, 5.41) is 9.11. The maximum Gasteiger partial charge on any atom is 0.322 e. The molecule has 0 saturated carbocycles. The second kappa shape index (κ2) is 5.90. The van der Waals surface area contributed by atoms with E-state index in [-0.39, 0.29) is 11.4 Å². The molecule has 1 saturated heterocycles. The van der Waals surface area contributed by atoms with Crippen LogP contribution in [0.3, 0.4) is 0 Å². The highest BCUT2D eigenvalue weighted by Crippen LogP contribution is 2.26. The Kier molecular flexibility index (Phi) is 4.42. The van der Waals surface area contributed by atoms with E-state index < -0.39 is 22.0 Å². The van der Waals surface area contributed by atoms with Crippen LogP contribution in [0, 0.1) is 0 Å². The van der Waals surface area contributed by atoms with Gasteiger partial charge in [0.05, 0.1) is 11.5 Å². The molecule has 0 bridgehead atoms. The summed E-state index contributed by atoms with van der Waals surface area (Å²) in [5.41, 5.74) is 0.736. The number of methoxy groups -OCH3 is 1. The van der Waals surface area contributed by atoms with Crippen LogP contribution in [-0.2, 0) is 26.2 Å². The number of ether oxygens (including phenoxy) is 1. The fraction of sp³-hybridized carbons (Fsp3) is 0.462. The van der Waals surface area contributed by atoms with E-state index in [9.17, 15) is 13.2 Å². The van der Waals surface area contributed by atoms with Gasteiger partial charge in [0.25, 0.3) is 0 Å². The van der Waals surface area contributed by atoms with Crippen molar-refractivity contribution in [2.45, 2.75) is 30.4 Å². The van der Waals surface area contributed by atoms with Crippen molar-refractivity contribution in [2.75, 3.05) is 13.7 Å². The highest BCUT2D eigenvalue weighted by atomic mass is 32.2. The maximum absolute atomic E-state index is 12.5. The Morgan fingerprint density at radius 2 is 2.25 bits per heavy atom. The van der Waals surface area contributed by atoms with Gasteiger partial charge in [0.1, 0.15) is 6.04 Å². The van der Waals surface area contributed by atoms with Crippen LogP contribution in [0.15, 0.2) is 29.2 Å². The standard InChI is InChI=1S/C13H17NO5S/c1-19-9-10-4-2-5-11(8-10)20(17,18)14-7-3-6-12(14)13(15)16/h2,4-5,8,12H,3,6-7,9H2,1H3,(H,15,16)/t12-/m0/s1. The van der Waals surface area contributed by atoms with Crippen LogP contribution < -0.4 is 0 Å². The van der Waals surface area contributed by atoms with Crippen molar-refractivity contribution in [3.8, 4) is 0 Å². The fourth-order valence-electron chi connectivity index (χ4n) is 2.37. The maximum atomic E-state index is 12.5. The summed E-state index contributed by atoms with van der Waals surface area (Å²) in [4.78, 5) is 11.2. The number of nitrogens with zero attached hydrogens (tertiary/aromatic N) is 1. The van der Waals surface area contributed by atoms with Gasteiger partial charge in [0.15, 0.2) is 0 Å². The number of hydrogen-bond acceptors (Lipinski definition) is 4. The minimum absolute atomic E-state index is 0.111. The quantitative estimate of drug-likeness (QED) is 0.879. The number of carboxylic acids is 1. The summed E-state index contributed by atoms with van der Waals surface area (Å²) < 4.78 is 31.1. The zero-order valence-corrected chi connectivity index (χ0v) is 12.0. The molecular weight excluding hydrogens is 282 g/mol. The summed E-state index contributed by atoms with van der Waals surface area (Å²) >= 11 is 0. The molecule has 110 valence electrons. The summed E-state index contributed by atoms with van der Waals surface area (Å²) in [6.07, 6.45) is 0.917. The zero-order valence-electron chi connectivity index (χ0n) is 11.2. The topological polar surface area (TPSA) is 83.9 Å². The molecule has 0 amide bonds. The summed E-state index contributed by atoms with van der Waals surface area (Å²) in [7, 11) is -2.25. The Morgan fingerprint density at radius 1 is 1.50 bits per heavy atom. The molecule has 0 radical (unpaired) electrons. The van der Waals surface area contributed by atoms with E-state index in [0.29, 0.717) is 19.4 Å². The summed E-state index contributed by atoms with van der Waals surface area (Å²) in [6.45, 7) is 0.555. The van der Waals surface area contributed by atoms with Gasteiger partial charge in [0, 0.05) is 13.7 Å². The highest BCUT2D eigenvalue weighted by Gasteiger charge is 2.39. The summed E-state index contributed by atoms with van der Waals surface area (Å²) in [5.74, 6) is -1.10. The lowest BCUT2D eigenvalue weighted by Gasteiger charge is -2.21. The van der Waals surface area contributed by atoms with Crippen LogP contribution in [0.5, 0.6) is 0 Å². The zero-order chi connectivity index (χ0) is 14.8. The lowest BCUT2D eigenvalue weighted by molar-refractivity contribution is -0.140. The van der Waals surface area contributed by atoms with Crippen LogP contribution in [0.4, 0.5) is 0 Å². The predicted octanol–water partition coefficient (Wildman–Crippen LogP) is 1.07. The van der Waals surface area contributed by atoms with Crippen molar-refractivity contribution >= 4 is 16.0 Å². The first-order chi connectivity index (χ1) is 9.46. The van der Waals surface area contributed by atoms with Crippen molar-refractivity contribution in [3.05, 3.63) is 29.8 Å². The van der Waals surface area contributed by atoms with E-state index in [1.165, 1.54) is 19.2 Å². The van der Waals surface area contributed by atoms with Crippen LogP contribution >= 0.6 is 0 Å². The van der Waals surface area contributed by atoms with E-state index in [4.69, 9.17) is 9.84 Å². The molecule has 7 heteroatoms. The van der Waals surface area contributed by atoms with E-state index in [1.807, 2.05) is 0 Å². The molecule has 0 unspecified atom stereocenters. The minimum Gasteiger partial charge on any atom is -0.480 e. The average Bonchev–Trinajstić information content (AvgIpc) is 2.89. The molecule has 1 fully saturated rings. The van der Waals surface area contributed by atoms with Gasteiger partial charge in [-0.05, 0) is 30.5 Å². The molecule has 2 rings (SSSR count). The third kappa shape index (κ3) is 2.84. The van der Waals surface area contributed by atoms with Crippen molar-refractivity contribution in [3.63, 3.8) is 0 Å². The van der Waals surface area contributed by atoms with Gasteiger partial charge in [-0.2, -0.15) is 4.31 Å². The van der Waals surface area contributed by atoms with Crippen LogP contribution in [-0.4, -0.2) is 43.5 Å². The van der Waals surface area contributed by atoms with Crippen LogP contribution in [0.1, 0.15) is 18.4 Å². The minimum atomic E-state index is -3.78. The number of carboxylic acid groups (broad SMARTS) is 1. The first kappa shape index (κ1) is 15.0. The second-order valence-electron chi connectivity index (χ2n) is 4.69. The van der Waals surface area contributed by atoms with Crippen molar-refractivity contribution < 1.29 is 23.1 Å². The number of carbonyl (C=O) groups is 1. The van der Waals surface area contributed by atoms with Gasteiger partial charge < -0.3 is 9.84 Å². The molecule has 0 aliphatic carbocycles. The molecule has 0 aromatic heterocycles. The molecule has 20 heavy (non-hydrogen) atoms. The Labute approximate surface area is 118 Å².